The van der Waals surface area contributed by atoms with E-state index >= 15 is 0 Å². The zero-order valence-electron chi connectivity index (χ0n) is 10.3. The highest BCUT2D eigenvalue weighted by Crippen LogP contribution is 2.37. The molecule has 1 saturated heterocycles. The summed E-state index contributed by atoms with van der Waals surface area (Å²) in [5.41, 5.74) is 0. The normalized spacial score (nSPS) is 36.1. The van der Waals surface area contributed by atoms with Crippen LogP contribution in [-0.4, -0.2) is 77.5 Å². The molecule has 2 rings (SSSR count). The topological polar surface area (TPSA) is 171 Å². The summed E-state index contributed by atoms with van der Waals surface area (Å²) in [5.74, 6) is -6.94. The molecule has 0 aromatic carbocycles. The second kappa shape index (κ2) is 5.40. The summed E-state index contributed by atoms with van der Waals surface area (Å²) in [6.07, 6.45) is -14.1. The molecule has 0 spiro atoms. The van der Waals surface area contributed by atoms with Crippen molar-refractivity contribution in [2.45, 2.75) is 36.6 Å². The lowest BCUT2D eigenvalue weighted by atomic mass is 9.97. The number of nitrogens with one attached hydrogen (secondary N) is 1. The SMILES string of the molecule is O=C(O[C@@]1(O)OC(c2nn[nH]n2)[C@@H](O)[C@H](O)[C@H]1O)C(F)(F)F. The second-order valence-corrected chi connectivity index (χ2v) is 4.25. The number of ether oxygens (including phenoxy) is 2. The molecule has 11 nitrogen and oxygen atoms in total. The van der Waals surface area contributed by atoms with Gasteiger partial charge in [-0.15, -0.1) is 10.2 Å². The van der Waals surface area contributed by atoms with Crippen molar-refractivity contribution in [2.75, 3.05) is 0 Å². The summed E-state index contributed by atoms with van der Waals surface area (Å²) in [5, 5.41) is 50.2. The molecule has 0 amide bonds. The van der Waals surface area contributed by atoms with Gasteiger partial charge in [0.05, 0.1) is 0 Å². The molecular formula is C8H9F3N4O7. The zero-order valence-corrected chi connectivity index (χ0v) is 10.3. The van der Waals surface area contributed by atoms with Crippen molar-refractivity contribution in [1.29, 1.82) is 0 Å². The number of aliphatic hydroxyl groups excluding tert-OH is 3. The molecule has 2 heterocycles. The quantitative estimate of drug-likeness (QED) is 0.280. The van der Waals surface area contributed by atoms with Gasteiger partial charge in [0.15, 0.2) is 12.2 Å². The summed E-state index contributed by atoms with van der Waals surface area (Å²) in [6.45, 7) is 0. The first-order valence-corrected chi connectivity index (χ1v) is 5.54. The Morgan fingerprint density at radius 1 is 1.32 bits per heavy atom. The molecule has 0 radical (unpaired) electrons. The Bertz CT molecular complexity index is 540. The van der Waals surface area contributed by atoms with Crippen LogP contribution in [0.4, 0.5) is 13.2 Å². The van der Waals surface area contributed by atoms with Crippen LogP contribution in [0.5, 0.6) is 0 Å². The number of alkyl halides is 3. The fourth-order valence-electron chi connectivity index (χ4n) is 1.67. The molecule has 0 bridgehead atoms. The maximum Gasteiger partial charge on any atom is 0.491 e. The molecule has 1 aromatic heterocycles. The molecule has 124 valence electrons. The van der Waals surface area contributed by atoms with Crippen LogP contribution in [0.15, 0.2) is 0 Å². The van der Waals surface area contributed by atoms with Crippen molar-refractivity contribution in [2.24, 2.45) is 0 Å². The summed E-state index contributed by atoms with van der Waals surface area (Å²) < 4.78 is 44.7. The molecule has 0 aliphatic carbocycles. The van der Waals surface area contributed by atoms with Crippen LogP contribution >= 0.6 is 0 Å². The molecule has 22 heavy (non-hydrogen) atoms. The lowest BCUT2D eigenvalue weighted by Crippen LogP contribution is -2.64. The van der Waals surface area contributed by atoms with Gasteiger partial charge < -0.3 is 29.9 Å². The van der Waals surface area contributed by atoms with Gasteiger partial charge in [-0.1, -0.05) is 5.21 Å². The highest BCUT2D eigenvalue weighted by Gasteiger charge is 2.59. The average molecular weight is 330 g/mol. The van der Waals surface area contributed by atoms with Gasteiger partial charge in [0.2, 0.25) is 5.82 Å². The number of tetrazole rings is 1. The van der Waals surface area contributed by atoms with Gasteiger partial charge in [-0.25, -0.2) is 4.79 Å². The van der Waals surface area contributed by atoms with E-state index in [1.54, 1.807) is 0 Å². The van der Waals surface area contributed by atoms with Crippen molar-refractivity contribution in [3.63, 3.8) is 0 Å². The van der Waals surface area contributed by atoms with Gasteiger partial charge in [0.1, 0.15) is 12.2 Å². The van der Waals surface area contributed by atoms with E-state index in [-0.39, 0.29) is 0 Å². The Hall–Kier alpha value is -1.87. The third-order valence-electron chi connectivity index (χ3n) is 2.74. The largest absolute Gasteiger partial charge is 0.491 e. The first-order chi connectivity index (χ1) is 10.1. The van der Waals surface area contributed by atoms with Crippen molar-refractivity contribution in [3.8, 4) is 0 Å². The number of esters is 1. The number of halogens is 3. The van der Waals surface area contributed by atoms with Crippen LogP contribution in [0.3, 0.4) is 0 Å². The summed E-state index contributed by atoms with van der Waals surface area (Å²) >= 11 is 0. The van der Waals surface area contributed by atoms with E-state index in [4.69, 9.17) is 0 Å². The number of aromatic amines is 1. The van der Waals surface area contributed by atoms with Gasteiger partial charge >= 0.3 is 18.1 Å². The van der Waals surface area contributed by atoms with Crippen LogP contribution in [-0.2, 0) is 14.3 Å². The fourth-order valence-corrected chi connectivity index (χ4v) is 1.67. The van der Waals surface area contributed by atoms with Gasteiger partial charge in [0.25, 0.3) is 0 Å². The monoisotopic (exact) mass is 330 g/mol. The third kappa shape index (κ3) is 2.86. The third-order valence-corrected chi connectivity index (χ3v) is 2.74. The Morgan fingerprint density at radius 3 is 2.45 bits per heavy atom. The minimum Gasteiger partial charge on any atom is -0.399 e. The van der Waals surface area contributed by atoms with Gasteiger partial charge in [-0.3, -0.25) is 0 Å². The van der Waals surface area contributed by atoms with E-state index in [0.717, 1.165) is 0 Å². The first-order valence-electron chi connectivity index (χ1n) is 5.54. The number of H-pyrrole nitrogens is 1. The fraction of sp³-hybridized carbons (Fsp3) is 0.750. The number of aromatic nitrogens is 4. The summed E-state index contributed by atoms with van der Waals surface area (Å²) in [7, 11) is 0. The maximum atomic E-state index is 12.2. The van der Waals surface area contributed by atoms with E-state index in [1.165, 1.54) is 0 Å². The Kier molecular flexibility index (Phi) is 4.05. The van der Waals surface area contributed by atoms with E-state index in [1.807, 2.05) is 5.21 Å². The number of carbonyl (C=O) groups is 1. The molecule has 1 aromatic rings. The molecule has 5 atom stereocenters. The van der Waals surface area contributed by atoms with E-state index in [0.29, 0.717) is 0 Å². The molecule has 0 saturated carbocycles. The number of hydrogen-bond acceptors (Lipinski definition) is 10. The molecule has 5 N–H and O–H groups in total. The first kappa shape index (κ1) is 16.5. The highest BCUT2D eigenvalue weighted by atomic mass is 19.4. The van der Waals surface area contributed by atoms with E-state index < -0.39 is 48.4 Å². The summed E-state index contributed by atoms with van der Waals surface area (Å²) in [6, 6.07) is 0. The maximum absolute atomic E-state index is 12.2. The average Bonchev–Trinajstić information content (AvgIpc) is 2.94. The van der Waals surface area contributed by atoms with Crippen LogP contribution in [0.25, 0.3) is 0 Å². The zero-order chi connectivity index (χ0) is 16.7. The van der Waals surface area contributed by atoms with Crippen molar-refractivity contribution in [1.82, 2.24) is 20.6 Å². The van der Waals surface area contributed by atoms with Crippen molar-refractivity contribution < 1.29 is 47.9 Å². The smallest absolute Gasteiger partial charge is 0.399 e. The lowest BCUT2D eigenvalue weighted by molar-refractivity contribution is -0.439. The van der Waals surface area contributed by atoms with Crippen LogP contribution in [0, 0.1) is 0 Å². The lowest BCUT2D eigenvalue weighted by Gasteiger charge is -2.43. The number of aliphatic hydroxyl groups is 4. The molecule has 1 aliphatic rings. The molecule has 14 heteroatoms. The number of carbonyl (C=O) groups excluding carboxylic acids is 1. The second-order valence-electron chi connectivity index (χ2n) is 4.25. The van der Waals surface area contributed by atoms with E-state index in [2.05, 4.69) is 24.9 Å². The van der Waals surface area contributed by atoms with E-state index in [9.17, 15) is 38.4 Å². The van der Waals surface area contributed by atoms with Gasteiger partial charge in [-0.05, 0) is 0 Å². The number of hydrogen-bond donors (Lipinski definition) is 5. The molecule has 1 fully saturated rings. The predicted octanol–water partition coefficient (Wildman–Crippen LogP) is -2.89. The highest BCUT2D eigenvalue weighted by molar-refractivity contribution is 5.75. The van der Waals surface area contributed by atoms with Crippen LogP contribution in [0.2, 0.25) is 0 Å². The Balaban J connectivity index is 2.28. The van der Waals surface area contributed by atoms with Crippen molar-refractivity contribution >= 4 is 5.97 Å². The van der Waals surface area contributed by atoms with Gasteiger partial charge in [0, 0.05) is 0 Å². The Labute approximate surface area is 118 Å². The summed E-state index contributed by atoms with van der Waals surface area (Å²) in [4.78, 5) is 10.8. The minimum atomic E-state index is -5.50. The minimum absolute atomic E-state index is 0.472. The molecule has 1 unspecified atom stereocenters. The van der Waals surface area contributed by atoms with Crippen molar-refractivity contribution in [3.05, 3.63) is 5.82 Å². The number of nitrogens with zero attached hydrogens (tertiary/aromatic N) is 3. The predicted molar refractivity (Wildman–Crippen MR) is 53.1 cm³/mol. The standard InChI is InChI=1S/C8H9F3N4O7/c9-7(10,11)6(19)22-8(20)4(18)2(17)1(16)3(21-8)5-12-14-15-13-5/h1-4,16-18,20H,(H,12,13,14,15)/t1-,2-,3?,4+,8-/m0/s1. The molecule has 1 aliphatic heterocycles. The Morgan fingerprint density at radius 2 is 1.95 bits per heavy atom. The van der Waals surface area contributed by atoms with Crippen LogP contribution < -0.4 is 0 Å². The van der Waals surface area contributed by atoms with Gasteiger partial charge in [-0.2, -0.15) is 18.4 Å². The molecular weight excluding hydrogens is 321 g/mol. The van der Waals surface area contributed by atoms with Crippen LogP contribution in [0.1, 0.15) is 11.9 Å². The number of rotatable bonds is 2.